The zero-order valence-corrected chi connectivity index (χ0v) is 18.8. The summed E-state index contributed by atoms with van der Waals surface area (Å²) in [6.45, 7) is 4.44. The average molecular weight is 483 g/mol. The zero-order valence-electron chi connectivity index (χ0n) is 18.8. The van der Waals surface area contributed by atoms with Gasteiger partial charge in [0.15, 0.2) is 0 Å². The number of aromatic nitrogens is 5. The number of H-pyrrole nitrogens is 2. The molecule has 0 radical (unpaired) electrons. The lowest BCUT2D eigenvalue weighted by atomic mass is 10.0. The number of halogens is 4. The van der Waals surface area contributed by atoms with Gasteiger partial charge in [0, 0.05) is 29.4 Å². The van der Waals surface area contributed by atoms with Gasteiger partial charge in [0.2, 0.25) is 5.82 Å². The van der Waals surface area contributed by atoms with Gasteiger partial charge in [-0.05, 0) is 55.7 Å². The van der Waals surface area contributed by atoms with Crippen molar-refractivity contribution in [1.82, 2.24) is 24.9 Å². The molecule has 3 aromatic heterocycles. The molecule has 0 unspecified atom stereocenters. The van der Waals surface area contributed by atoms with Crippen molar-refractivity contribution in [3.8, 4) is 0 Å². The van der Waals surface area contributed by atoms with E-state index in [2.05, 4.69) is 35.6 Å². The summed E-state index contributed by atoms with van der Waals surface area (Å²) in [7, 11) is 0. The Morgan fingerprint density at radius 2 is 1.77 bits per heavy atom. The topological polar surface area (TPSA) is 94.3 Å². The highest BCUT2D eigenvalue weighted by atomic mass is 19.4. The highest BCUT2D eigenvalue weighted by Gasteiger charge is 2.34. The van der Waals surface area contributed by atoms with Crippen molar-refractivity contribution < 1.29 is 17.6 Å². The summed E-state index contributed by atoms with van der Waals surface area (Å²) in [6.07, 6.45) is -2.51. The normalized spacial score (nSPS) is 11.9. The maximum Gasteiger partial charge on any atom is 0.449 e. The summed E-state index contributed by atoms with van der Waals surface area (Å²) in [5.74, 6) is -0.277. The number of alkyl halides is 3. The van der Waals surface area contributed by atoms with E-state index in [0.717, 1.165) is 22.2 Å². The van der Waals surface area contributed by atoms with Gasteiger partial charge in [0.05, 0.1) is 16.6 Å². The molecule has 0 aliphatic carbocycles. The molecular weight excluding hydrogens is 462 g/mol. The first kappa shape index (κ1) is 22.6. The fourth-order valence-corrected chi connectivity index (χ4v) is 4.16. The number of benzene rings is 2. The first-order valence-electron chi connectivity index (χ1n) is 10.8. The van der Waals surface area contributed by atoms with Gasteiger partial charge in [0.1, 0.15) is 23.8 Å². The van der Waals surface area contributed by atoms with Crippen LogP contribution in [0.2, 0.25) is 0 Å². The van der Waals surface area contributed by atoms with Crippen molar-refractivity contribution in [1.29, 1.82) is 0 Å². The molecule has 180 valence electrons. The Balaban J connectivity index is 1.28. The van der Waals surface area contributed by atoms with Gasteiger partial charge in [-0.1, -0.05) is 6.07 Å². The second kappa shape index (κ2) is 8.57. The molecule has 0 atom stereocenters. The third kappa shape index (κ3) is 4.48. The number of fused-ring (bicyclic) bond motifs is 2. The van der Waals surface area contributed by atoms with Crippen LogP contribution in [0.5, 0.6) is 0 Å². The summed E-state index contributed by atoms with van der Waals surface area (Å²) in [4.78, 5) is 17.4. The predicted molar refractivity (Wildman–Crippen MR) is 126 cm³/mol. The van der Waals surface area contributed by atoms with Crippen LogP contribution >= 0.6 is 0 Å². The Morgan fingerprint density at radius 1 is 0.971 bits per heavy atom. The van der Waals surface area contributed by atoms with E-state index in [1.807, 2.05) is 13.8 Å². The van der Waals surface area contributed by atoms with E-state index < -0.39 is 12.0 Å². The minimum atomic E-state index is -4.54. The number of imidazole rings is 1. The highest BCUT2D eigenvalue weighted by molar-refractivity contribution is 5.88. The maximum absolute atomic E-state index is 14.2. The second-order valence-electron chi connectivity index (χ2n) is 8.25. The fourth-order valence-electron chi connectivity index (χ4n) is 4.16. The number of hydrogen-bond acceptors (Lipinski definition) is 5. The Hall–Kier alpha value is -4.15. The van der Waals surface area contributed by atoms with Crippen LogP contribution in [0.3, 0.4) is 0 Å². The Morgan fingerprint density at radius 3 is 2.57 bits per heavy atom. The van der Waals surface area contributed by atoms with Crippen LogP contribution in [0.1, 0.15) is 22.6 Å². The third-order valence-electron chi connectivity index (χ3n) is 5.80. The molecule has 2 aromatic carbocycles. The first-order chi connectivity index (χ1) is 16.7. The smallest absolute Gasteiger partial charge is 0.370 e. The molecule has 0 saturated carbocycles. The van der Waals surface area contributed by atoms with Gasteiger partial charge in [-0.3, -0.25) is 0 Å². The van der Waals surface area contributed by atoms with Crippen LogP contribution in [-0.4, -0.2) is 31.5 Å². The molecular formula is C24H21F4N7. The first-order valence-corrected chi connectivity index (χ1v) is 10.8. The Bertz CT molecular complexity index is 1530. The lowest BCUT2D eigenvalue weighted by molar-refractivity contribution is -0.144. The van der Waals surface area contributed by atoms with Crippen LogP contribution in [0, 0.1) is 19.7 Å². The van der Waals surface area contributed by atoms with Crippen LogP contribution in [-0.2, 0) is 12.6 Å². The quantitative estimate of drug-likeness (QED) is 0.222. The third-order valence-corrected chi connectivity index (χ3v) is 5.80. The van der Waals surface area contributed by atoms with Crippen molar-refractivity contribution in [2.75, 3.05) is 17.2 Å². The van der Waals surface area contributed by atoms with E-state index in [-0.39, 0.29) is 16.9 Å². The van der Waals surface area contributed by atoms with E-state index in [1.54, 1.807) is 18.2 Å². The standard InChI is InChI=1S/C24H21F4N7/c1-12-3-5-16(25)22-21(12)15(13(2)32-22)7-8-29-19-10-20(31-11-30-19)33-14-4-6-17-18(9-14)35-23(34-17)24(26,27)28/h3-6,9-11,32H,7-8H2,1-2H3,(H,34,35)(H2,29,30,31,33). The molecule has 5 aromatic rings. The molecule has 0 fully saturated rings. The molecule has 11 heteroatoms. The lowest BCUT2D eigenvalue weighted by Crippen LogP contribution is -2.08. The molecule has 35 heavy (non-hydrogen) atoms. The maximum atomic E-state index is 14.2. The van der Waals surface area contributed by atoms with E-state index in [1.165, 1.54) is 24.5 Å². The van der Waals surface area contributed by atoms with E-state index in [9.17, 15) is 17.6 Å². The molecule has 4 N–H and O–H groups in total. The number of anilines is 3. The highest BCUT2D eigenvalue weighted by Crippen LogP contribution is 2.30. The summed E-state index contributed by atoms with van der Waals surface area (Å²) in [6, 6.07) is 9.60. The van der Waals surface area contributed by atoms with Crippen molar-refractivity contribution >= 4 is 39.3 Å². The molecule has 0 aliphatic heterocycles. The Kier molecular flexibility index (Phi) is 5.54. The lowest BCUT2D eigenvalue weighted by Gasteiger charge is -2.09. The number of nitrogens with one attached hydrogen (secondary N) is 4. The molecule has 0 aliphatic rings. The van der Waals surface area contributed by atoms with Gasteiger partial charge in [-0.25, -0.2) is 19.3 Å². The van der Waals surface area contributed by atoms with Gasteiger partial charge >= 0.3 is 6.18 Å². The SMILES string of the molecule is Cc1[nH]c2c(F)ccc(C)c2c1CCNc1cc(Nc2ccc3[nH]c(C(F)(F)F)nc3c2)ncn1. The molecule has 7 nitrogen and oxygen atoms in total. The van der Waals surface area contributed by atoms with Crippen molar-refractivity contribution in [3.05, 3.63) is 71.2 Å². The number of rotatable bonds is 6. The molecule has 3 heterocycles. The van der Waals surface area contributed by atoms with Crippen LogP contribution in [0.15, 0.2) is 42.7 Å². The predicted octanol–water partition coefficient (Wildman–Crippen LogP) is 6.01. The van der Waals surface area contributed by atoms with Crippen LogP contribution in [0.4, 0.5) is 34.9 Å². The molecule has 5 rings (SSSR count). The minimum absolute atomic E-state index is 0.190. The summed E-state index contributed by atoms with van der Waals surface area (Å²) >= 11 is 0. The average Bonchev–Trinajstić information content (AvgIpc) is 3.38. The zero-order chi connectivity index (χ0) is 24.7. The Labute approximate surface area is 197 Å². The van der Waals surface area contributed by atoms with Gasteiger partial charge < -0.3 is 20.6 Å². The summed E-state index contributed by atoms with van der Waals surface area (Å²) < 4.78 is 52.9. The minimum Gasteiger partial charge on any atom is -0.370 e. The monoisotopic (exact) mass is 483 g/mol. The van der Waals surface area contributed by atoms with Gasteiger partial charge in [-0.2, -0.15) is 13.2 Å². The van der Waals surface area contributed by atoms with Crippen molar-refractivity contribution in [3.63, 3.8) is 0 Å². The van der Waals surface area contributed by atoms with Crippen LogP contribution < -0.4 is 10.6 Å². The van der Waals surface area contributed by atoms with E-state index in [4.69, 9.17) is 0 Å². The van der Waals surface area contributed by atoms with Gasteiger partial charge in [0.25, 0.3) is 0 Å². The molecule has 0 bridgehead atoms. The second-order valence-corrected chi connectivity index (χ2v) is 8.25. The molecule has 0 saturated heterocycles. The fraction of sp³-hybridized carbons (Fsp3) is 0.208. The number of aryl methyl sites for hydroxylation is 2. The molecule has 0 amide bonds. The van der Waals surface area contributed by atoms with Gasteiger partial charge in [-0.15, -0.1) is 0 Å². The van der Waals surface area contributed by atoms with Crippen LogP contribution in [0.25, 0.3) is 21.9 Å². The molecule has 0 spiro atoms. The largest absolute Gasteiger partial charge is 0.449 e. The van der Waals surface area contributed by atoms with Crippen molar-refractivity contribution in [2.24, 2.45) is 0 Å². The number of aromatic amines is 2. The van der Waals surface area contributed by atoms with E-state index >= 15 is 0 Å². The number of hydrogen-bond donors (Lipinski definition) is 4. The summed E-state index contributed by atoms with van der Waals surface area (Å²) in [5.41, 5.74) is 4.50. The summed E-state index contributed by atoms with van der Waals surface area (Å²) in [5, 5.41) is 7.21. The van der Waals surface area contributed by atoms with Crippen molar-refractivity contribution in [2.45, 2.75) is 26.4 Å². The van der Waals surface area contributed by atoms with E-state index in [0.29, 0.717) is 35.8 Å². The number of nitrogens with zero attached hydrogens (tertiary/aromatic N) is 3.